The summed E-state index contributed by atoms with van der Waals surface area (Å²) < 4.78 is 0. The fourth-order valence-electron chi connectivity index (χ4n) is 1.83. The Kier molecular flexibility index (Phi) is 5.27. The first-order valence-electron chi connectivity index (χ1n) is 6.62. The van der Waals surface area contributed by atoms with E-state index in [0.29, 0.717) is 24.3 Å². The van der Waals surface area contributed by atoms with Gasteiger partial charge in [0.25, 0.3) is 0 Å². The molecule has 0 bridgehead atoms. The van der Waals surface area contributed by atoms with Gasteiger partial charge < -0.3 is 10.0 Å². The minimum Gasteiger partial charge on any atom is -0.480 e. The molecule has 0 unspecified atom stereocenters. The molecule has 0 amide bonds. The monoisotopic (exact) mass is 265 g/mol. The van der Waals surface area contributed by atoms with E-state index in [-0.39, 0.29) is 6.54 Å². The number of carboxylic acids is 1. The van der Waals surface area contributed by atoms with Crippen LogP contribution in [0, 0.1) is 12.8 Å². The largest absolute Gasteiger partial charge is 0.480 e. The molecule has 1 heterocycles. The van der Waals surface area contributed by atoms with Crippen LogP contribution in [-0.2, 0) is 4.79 Å². The maximum atomic E-state index is 11.0. The summed E-state index contributed by atoms with van der Waals surface area (Å²) in [5, 5.41) is 9.01. The van der Waals surface area contributed by atoms with E-state index in [1.54, 1.807) is 4.90 Å². The van der Waals surface area contributed by atoms with E-state index < -0.39 is 5.97 Å². The molecule has 0 fully saturated rings. The summed E-state index contributed by atoms with van der Waals surface area (Å²) in [7, 11) is 0. The molecular weight excluding hydrogens is 242 g/mol. The standard InChI is InChI=1S/C14H23N3O2/c1-9(2)7-17(8-13(18)19)14-15-11(5)6-12(16-14)10(3)4/h6,9-10H,7-8H2,1-5H3,(H,18,19). The molecule has 1 aromatic heterocycles. The van der Waals surface area contributed by atoms with Crippen molar-refractivity contribution < 1.29 is 9.90 Å². The van der Waals surface area contributed by atoms with E-state index in [1.807, 2.05) is 26.8 Å². The van der Waals surface area contributed by atoms with E-state index >= 15 is 0 Å². The second-order valence-corrected chi connectivity index (χ2v) is 5.56. The van der Waals surface area contributed by atoms with Gasteiger partial charge in [-0.25, -0.2) is 9.97 Å². The lowest BCUT2D eigenvalue weighted by atomic mass is 10.1. The Hall–Kier alpha value is -1.65. The molecule has 5 heteroatoms. The van der Waals surface area contributed by atoms with Crippen LogP contribution in [0.1, 0.15) is 45.0 Å². The molecule has 0 saturated heterocycles. The Labute approximate surface area is 114 Å². The average molecular weight is 265 g/mol. The fraction of sp³-hybridized carbons (Fsp3) is 0.643. The van der Waals surface area contributed by atoms with Crippen LogP contribution >= 0.6 is 0 Å². The SMILES string of the molecule is Cc1cc(C(C)C)nc(N(CC(=O)O)CC(C)C)n1. The van der Waals surface area contributed by atoms with Crippen molar-refractivity contribution in [2.24, 2.45) is 5.92 Å². The number of nitrogens with zero attached hydrogens (tertiary/aromatic N) is 3. The molecule has 0 atom stereocenters. The number of rotatable bonds is 6. The molecule has 1 aromatic rings. The van der Waals surface area contributed by atoms with Crippen molar-refractivity contribution in [1.29, 1.82) is 0 Å². The third-order valence-electron chi connectivity index (χ3n) is 2.65. The van der Waals surface area contributed by atoms with E-state index in [4.69, 9.17) is 5.11 Å². The summed E-state index contributed by atoms with van der Waals surface area (Å²) >= 11 is 0. The zero-order valence-corrected chi connectivity index (χ0v) is 12.3. The molecule has 0 aliphatic carbocycles. The first-order chi connectivity index (χ1) is 8.79. The van der Waals surface area contributed by atoms with Gasteiger partial charge in [0.05, 0.1) is 0 Å². The molecule has 5 nitrogen and oxygen atoms in total. The van der Waals surface area contributed by atoms with Crippen LogP contribution in [0.4, 0.5) is 5.95 Å². The molecule has 0 aliphatic heterocycles. The number of anilines is 1. The van der Waals surface area contributed by atoms with Crippen LogP contribution < -0.4 is 4.90 Å². The number of hydrogen-bond acceptors (Lipinski definition) is 4. The Balaban J connectivity index is 3.09. The molecule has 1 N–H and O–H groups in total. The Bertz CT molecular complexity index is 444. The molecule has 1 rings (SSSR count). The topological polar surface area (TPSA) is 66.3 Å². The van der Waals surface area contributed by atoms with Gasteiger partial charge in [0, 0.05) is 17.9 Å². The second-order valence-electron chi connectivity index (χ2n) is 5.56. The molecule has 106 valence electrons. The second kappa shape index (κ2) is 6.50. The van der Waals surface area contributed by atoms with Gasteiger partial charge in [0.2, 0.25) is 5.95 Å². The van der Waals surface area contributed by atoms with Gasteiger partial charge in [-0.05, 0) is 24.8 Å². The van der Waals surface area contributed by atoms with Crippen molar-refractivity contribution >= 4 is 11.9 Å². The van der Waals surface area contributed by atoms with Crippen LogP contribution in [0.2, 0.25) is 0 Å². The predicted octanol–water partition coefficient (Wildman–Crippen LogP) is 2.46. The van der Waals surface area contributed by atoms with Crippen LogP contribution in [0.15, 0.2) is 6.07 Å². The fourth-order valence-corrected chi connectivity index (χ4v) is 1.83. The highest BCUT2D eigenvalue weighted by molar-refractivity contribution is 5.72. The van der Waals surface area contributed by atoms with Crippen LogP contribution in [0.25, 0.3) is 0 Å². The maximum Gasteiger partial charge on any atom is 0.323 e. The highest BCUT2D eigenvalue weighted by atomic mass is 16.4. The van der Waals surface area contributed by atoms with Gasteiger partial charge in [-0.1, -0.05) is 27.7 Å². The van der Waals surface area contributed by atoms with Crippen LogP contribution in [-0.4, -0.2) is 34.1 Å². The third kappa shape index (κ3) is 4.85. The van der Waals surface area contributed by atoms with Crippen molar-refractivity contribution in [2.45, 2.75) is 40.5 Å². The van der Waals surface area contributed by atoms with Gasteiger partial charge in [-0.2, -0.15) is 0 Å². The Morgan fingerprint density at radius 1 is 1.32 bits per heavy atom. The summed E-state index contributed by atoms with van der Waals surface area (Å²) in [4.78, 5) is 21.6. The van der Waals surface area contributed by atoms with E-state index in [0.717, 1.165) is 11.4 Å². The van der Waals surface area contributed by atoms with Crippen molar-refractivity contribution in [3.8, 4) is 0 Å². The molecule has 0 aromatic carbocycles. The number of aliphatic carboxylic acids is 1. The summed E-state index contributed by atoms with van der Waals surface area (Å²) in [6, 6.07) is 1.95. The van der Waals surface area contributed by atoms with Gasteiger partial charge in [0.15, 0.2) is 0 Å². The van der Waals surface area contributed by atoms with Crippen molar-refractivity contribution in [3.05, 3.63) is 17.5 Å². The number of hydrogen-bond donors (Lipinski definition) is 1. The van der Waals surface area contributed by atoms with Gasteiger partial charge >= 0.3 is 5.97 Å². The maximum absolute atomic E-state index is 11.0. The highest BCUT2D eigenvalue weighted by Crippen LogP contribution is 2.17. The first kappa shape index (κ1) is 15.4. The van der Waals surface area contributed by atoms with Crippen molar-refractivity contribution in [3.63, 3.8) is 0 Å². The molecule has 0 saturated carbocycles. The van der Waals surface area contributed by atoms with Crippen molar-refractivity contribution in [1.82, 2.24) is 9.97 Å². The lowest BCUT2D eigenvalue weighted by molar-refractivity contribution is -0.135. The predicted molar refractivity (Wildman–Crippen MR) is 75.5 cm³/mol. The average Bonchev–Trinajstić information content (AvgIpc) is 2.25. The lowest BCUT2D eigenvalue weighted by Gasteiger charge is -2.23. The summed E-state index contributed by atoms with van der Waals surface area (Å²) in [6.07, 6.45) is 0. The van der Waals surface area contributed by atoms with Gasteiger partial charge in [0.1, 0.15) is 6.54 Å². The number of carbonyl (C=O) groups is 1. The van der Waals surface area contributed by atoms with Crippen LogP contribution in [0.5, 0.6) is 0 Å². The van der Waals surface area contributed by atoms with Gasteiger partial charge in [-0.15, -0.1) is 0 Å². The van der Waals surface area contributed by atoms with E-state index in [2.05, 4.69) is 23.8 Å². The summed E-state index contributed by atoms with van der Waals surface area (Å²) in [5.41, 5.74) is 1.81. The normalized spacial score (nSPS) is 11.1. The number of carboxylic acid groups (broad SMARTS) is 1. The Morgan fingerprint density at radius 2 is 1.95 bits per heavy atom. The minimum atomic E-state index is -0.864. The molecule has 0 radical (unpaired) electrons. The minimum absolute atomic E-state index is 0.0703. The van der Waals surface area contributed by atoms with E-state index in [1.165, 1.54) is 0 Å². The van der Waals surface area contributed by atoms with Gasteiger partial charge in [-0.3, -0.25) is 4.79 Å². The third-order valence-corrected chi connectivity index (χ3v) is 2.65. The number of aromatic nitrogens is 2. The molecule has 19 heavy (non-hydrogen) atoms. The quantitative estimate of drug-likeness (QED) is 0.855. The zero-order chi connectivity index (χ0) is 14.6. The molecular formula is C14H23N3O2. The zero-order valence-electron chi connectivity index (χ0n) is 12.3. The summed E-state index contributed by atoms with van der Waals surface area (Å²) in [6.45, 7) is 10.7. The van der Waals surface area contributed by atoms with E-state index in [9.17, 15) is 4.79 Å². The highest BCUT2D eigenvalue weighted by Gasteiger charge is 2.16. The van der Waals surface area contributed by atoms with Crippen molar-refractivity contribution in [2.75, 3.05) is 18.0 Å². The molecule has 0 spiro atoms. The van der Waals surface area contributed by atoms with Crippen LogP contribution in [0.3, 0.4) is 0 Å². The summed E-state index contributed by atoms with van der Waals surface area (Å²) in [5.74, 6) is 0.300. The smallest absolute Gasteiger partial charge is 0.323 e. The first-order valence-corrected chi connectivity index (χ1v) is 6.62. The number of aryl methyl sites for hydroxylation is 1. The molecule has 0 aliphatic rings. The Morgan fingerprint density at radius 3 is 2.42 bits per heavy atom. The lowest BCUT2D eigenvalue weighted by Crippen LogP contribution is -2.34.